The van der Waals surface area contributed by atoms with Gasteiger partial charge in [-0.2, -0.15) is 0 Å². The van der Waals surface area contributed by atoms with Crippen molar-refractivity contribution in [1.29, 1.82) is 0 Å². The number of aliphatic hydroxyl groups is 1. The Balaban J connectivity index is -0.000000405. The summed E-state index contributed by atoms with van der Waals surface area (Å²) in [6.45, 7) is -0.986. The van der Waals surface area contributed by atoms with Crippen molar-refractivity contribution in [3.63, 3.8) is 0 Å². The summed E-state index contributed by atoms with van der Waals surface area (Å²) < 4.78 is 21.6. The fraction of sp³-hybridized carbons (Fsp3) is 0.250. The van der Waals surface area contributed by atoms with Crippen LogP contribution in [0.15, 0.2) is 18.2 Å². The molecule has 0 aliphatic carbocycles. The topological polar surface area (TPSA) is 173 Å². The predicted octanol–water partition coefficient (Wildman–Crippen LogP) is -15.2. The van der Waals surface area contributed by atoms with Gasteiger partial charge in [0.25, 0.3) is 0 Å². The third-order valence-electron chi connectivity index (χ3n) is 2.30. The standard InChI is InChI=1S/C8H13NO7P2.4Na/c9-7-3-5(17(11,12)13)1-2-6(7)8(4-10)18(14,15)16;;;;/h1-3,8,10H,4,9H2,(H2,11,12,13)(H2,14,15,16);;;;/q;4*+1/p-4. The molecule has 0 heterocycles. The van der Waals surface area contributed by atoms with E-state index in [1.54, 1.807) is 0 Å². The maximum absolute atomic E-state index is 10.9. The van der Waals surface area contributed by atoms with Crippen molar-refractivity contribution >= 4 is 26.2 Å². The molecule has 0 saturated carbocycles. The molecule has 0 radical (unpaired) electrons. The van der Waals surface area contributed by atoms with Gasteiger partial charge in [-0.25, -0.2) is 0 Å². The zero-order valence-corrected chi connectivity index (χ0v) is 22.7. The van der Waals surface area contributed by atoms with Crippen molar-refractivity contribution in [3.8, 4) is 0 Å². The Bertz CT molecular complexity index is 549. The van der Waals surface area contributed by atoms with Gasteiger partial charge in [-0.3, -0.25) is 0 Å². The fourth-order valence-electron chi connectivity index (χ4n) is 1.40. The zero-order chi connectivity index (χ0) is 14.1. The number of aliphatic hydroxyl groups excluding tert-OH is 1. The maximum atomic E-state index is 10.9. The van der Waals surface area contributed by atoms with Crippen molar-refractivity contribution in [2.75, 3.05) is 12.3 Å². The monoisotopic (exact) mass is 385 g/mol. The molecule has 14 heteroatoms. The van der Waals surface area contributed by atoms with Gasteiger partial charge < -0.3 is 39.5 Å². The fourth-order valence-corrected chi connectivity index (χ4v) is 2.73. The third-order valence-corrected chi connectivity index (χ3v) is 4.42. The molecule has 0 spiro atoms. The van der Waals surface area contributed by atoms with Crippen LogP contribution in [0, 0.1) is 0 Å². The Morgan fingerprint density at radius 1 is 1.05 bits per heavy atom. The molecule has 8 nitrogen and oxygen atoms in total. The molecule has 0 saturated heterocycles. The first-order valence-corrected chi connectivity index (χ1v) is 7.77. The summed E-state index contributed by atoms with van der Waals surface area (Å²) in [5.41, 5.74) is 3.02. The molecule has 1 aromatic carbocycles. The van der Waals surface area contributed by atoms with E-state index in [0.29, 0.717) is 0 Å². The summed E-state index contributed by atoms with van der Waals surface area (Å²) in [7, 11) is -10.1. The van der Waals surface area contributed by atoms with Gasteiger partial charge in [0.15, 0.2) is 0 Å². The van der Waals surface area contributed by atoms with Crippen molar-refractivity contribution in [2.45, 2.75) is 5.66 Å². The Labute approximate surface area is 216 Å². The number of anilines is 1. The molecular formula is C8H9NNa4O7P2. The van der Waals surface area contributed by atoms with E-state index in [0.717, 1.165) is 18.2 Å². The number of hydrogen-bond acceptors (Lipinski definition) is 8. The molecule has 102 valence electrons. The van der Waals surface area contributed by atoms with Crippen molar-refractivity contribution in [3.05, 3.63) is 23.8 Å². The van der Waals surface area contributed by atoms with Gasteiger partial charge >= 0.3 is 118 Å². The van der Waals surface area contributed by atoms with Gasteiger partial charge in [-0.1, -0.05) is 19.7 Å². The van der Waals surface area contributed by atoms with Crippen LogP contribution in [0.3, 0.4) is 0 Å². The summed E-state index contributed by atoms with van der Waals surface area (Å²) in [6, 6.07) is 2.52. The van der Waals surface area contributed by atoms with Gasteiger partial charge in [0.2, 0.25) is 0 Å². The second kappa shape index (κ2) is 13.4. The van der Waals surface area contributed by atoms with Crippen LogP contribution < -0.4 is 149 Å². The molecule has 1 atom stereocenters. The molecule has 0 aliphatic rings. The average molecular weight is 385 g/mol. The molecule has 0 aliphatic heterocycles. The van der Waals surface area contributed by atoms with Crippen LogP contribution in [0.1, 0.15) is 11.2 Å². The van der Waals surface area contributed by atoms with Crippen LogP contribution in [-0.2, 0) is 9.13 Å². The van der Waals surface area contributed by atoms with E-state index in [4.69, 9.17) is 10.8 Å². The minimum atomic E-state index is -5.14. The molecule has 1 unspecified atom stereocenters. The molecular weight excluding hydrogens is 376 g/mol. The van der Waals surface area contributed by atoms with E-state index in [2.05, 4.69) is 0 Å². The third kappa shape index (κ3) is 9.83. The van der Waals surface area contributed by atoms with Crippen LogP contribution in [0.5, 0.6) is 0 Å². The number of hydrogen-bond donors (Lipinski definition) is 2. The van der Waals surface area contributed by atoms with Crippen molar-refractivity contribution in [2.24, 2.45) is 0 Å². The maximum Gasteiger partial charge on any atom is 1.00 e. The molecule has 0 bridgehead atoms. The molecule has 3 N–H and O–H groups in total. The Morgan fingerprint density at radius 3 is 1.77 bits per heavy atom. The van der Waals surface area contributed by atoms with Crippen LogP contribution in [0.2, 0.25) is 0 Å². The normalized spacial score (nSPS) is 11.9. The van der Waals surface area contributed by atoms with Crippen LogP contribution in [0.4, 0.5) is 5.69 Å². The summed E-state index contributed by atoms with van der Waals surface area (Å²) in [5, 5.41) is 8.24. The summed E-state index contributed by atoms with van der Waals surface area (Å²) in [5.74, 6) is 0. The molecule has 22 heavy (non-hydrogen) atoms. The first-order valence-electron chi connectivity index (χ1n) is 4.62. The van der Waals surface area contributed by atoms with Crippen molar-refractivity contribution < 1.29 is 152 Å². The van der Waals surface area contributed by atoms with Crippen LogP contribution in [0.25, 0.3) is 0 Å². The average Bonchev–Trinajstić information content (AvgIpc) is 2.17. The summed E-state index contributed by atoms with van der Waals surface area (Å²) in [6.07, 6.45) is 0. The second-order valence-corrected chi connectivity index (χ2v) is 6.76. The number of nitrogen functional groups attached to an aromatic ring is 1. The Hall–Kier alpha value is 3.28. The van der Waals surface area contributed by atoms with Gasteiger partial charge in [0.1, 0.15) is 0 Å². The van der Waals surface area contributed by atoms with Gasteiger partial charge in [0, 0.05) is 11.3 Å². The largest absolute Gasteiger partial charge is 1.00 e. The van der Waals surface area contributed by atoms with E-state index < -0.39 is 32.8 Å². The number of nitrogens with two attached hydrogens (primary N) is 1. The summed E-state index contributed by atoms with van der Waals surface area (Å²) in [4.78, 5) is 43.2. The minimum Gasteiger partial charge on any atom is -0.810 e. The molecule has 0 amide bonds. The first-order chi connectivity index (χ1) is 8.07. The quantitative estimate of drug-likeness (QED) is 0.292. The Morgan fingerprint density at radius 2 is 1.50 bits per heavy atom. The van der Waals surface area contributed by atoms with Crippen LogP contribution >= 0.6 is 15.2 Å². The smallest absolute Gasteiger partial charge is 0.810 e. The van der Waals surface area contributed by atoms with Gasteiger partial charge in [0.05, 0.1) is 6.61 Å². The molecule has 1 rings (SSSR count). The van der Waals surface area contributed by atoms with Crippen LogP contribution in [-0.4, -0.2) is 11.7 Å². The van der Waals surface area contributed by atoms with E-state index >= 15 is 0 Å². The number of benzene rings is 1. The zero-order valence-electron chi connectivity index (χ0n) is 12.9. The van der Waals surface area contributed by atoms with E-state index in [-0.39, 0.29) is 129 Å². The molecule has 0 aromatic heterocycles. The predicted molar refractivity (Wildman–Crippen MR) is 55.5 cm³/mol. The first kappa shape index (κ1) is 32.9. The van der Waals surface area contributed by atoms with Gasteiger partial charge in [-0.15, -0.1) is 0 Å². The Kier molecular flexibility index (Phi) is 20.1. The number of rotatable bonds is 4. The van der Waals surface area contributed by atoms with E-state index in [9.17, 15) is 28.7 Å². The van der Waals surface area contributed by atoms with E-state index in [1.807, 2.05) is 0 Å². The van der Waals surface area contributed by atoms with Crippen molar-refractivity contribution in [1.82, 2.24) is 0 Å². The molecule has 1 aromatic rings. The SMILES string of the molecule is Nc1cc(P(=O)([O-])[O-])ccc1C(CO)P(=O)([O-])[O-].[Na+].[Na+].[Na+].[Na+]. The molecule has 0 fully saturated rings. The van der Waals surface area contributed by atoms with E-state index in [1.165, 1.54) is 0 Å². The minimum absolute atomic E-state index is 0. The summed E-state index contributed by atoms with van der Waals surface area (Å²) >= 11 is 0. The second-order valence-electron chi connectivity index (χ2n) is 3.55. The van der Waals surface area contributed by atoms with Gasteiger partial charge in [-0.05, 0) is 24.5 Å².